The lowest BCUT2D eigenvalue weighted by molar-refractivity contribution is 0.0891. The lowest BCUT2D eigenvalue weighted by atomic mass is 9.88. The lowest BCUT2D eigenvalue weighted by Crippen LogP contribution is -2.26. The van der Waals surface area contributed by atoms with Gasteiger partial charge in [-0.3, -0.25) is 4.79 Å². The van der Waals surface area contributed by atoms with E-state index < -0.39 is 5.92 Å². The van der Waals surface area contributed by atoms with Gasteiger partial charge in [0, 0.05) is 12.1 Å². The Labute approximate surface area is 144 Å². The molecule has 3 rings (SSSR count). The molecular formula is C18H18O7. The van der Waals surface area contributed by atoms with Crippen molar-refractivity contribution in [1.82, 2.24) is 0 Å². The van der Waals surface area contributed by atoms with Gasteiger partial charge in [0.25, 0.3) is 0 Å². The van der Waals surface area contributed by atoms with E-state index >= 15 is 0 Å². The number of Topliss-reactive ketones (excluding diaryl/α,β-unsaturated/α-hetero) is 1. The highest BCUT2D eigenvalue weighted by Crippen LogP contribution is 2.44. The number of hydrogen-bond donors (Lipinski definition) is 2. The zero-order valence-electron chi connectivity index (χ0n) is 14.0. The highest BCUT2D eigenvalue weighted by atomic mass is 16.5. The molecule has 7 nitrogen and oxygen atoms in total. The van der Waals surface area contributed by atoms with Crippen molar-refractivity contribution in [2.75, 3.05) is 27.9 Å². The molecule has 0 fully saturated rings. The third-order valence-electron chi connectivity index (χ3n) is 4.12. The van der Waals surface area contributed by atoms with Gasteiger partial charge in [0.05, 0.1) is 27.2 Å². The Balaban J connectivity index is 2.07. The molecule has 25 heavy (non-hydrogen) atoms. The first kappa shape index (κ1) is 16.8. The van der Waals surface area contributed by atoms with E-state index in [0.717, 1.165) is 0 Å². The molecule has 0 aromatic heterocycles. The van der Waals surface area contributed by atoms with Crippen LogP contribution in [0.15, 0.2) is 24.3 Å². The maximum atomic E-state index is 13.0. The largest absolute Gasteiger partial charge is 0.508 e. The summed E-state index contributed by atoms with van der Waals surface area (Å²) in [6.45, 7) is 0.0629. The molecule has 0 spiro atoms. The van der Waals surface area contributed by atoms with Gasteiger partial charge in [-0.05, 0) is 17.7 Å². The number of benzene rings is 2. The zero-order chi connectivity index (χ0) is 18.1. The quantitative estimate of drug-likeness (QED) is 0.878. The monoisotopic (exact) mass is 346 g/mol. The van der Waals surface area contributed by atoms with Crippen LogP contribution in [0.4, 0.5) is 0 Å². The van der Waals surface area contributed by atoms with E-state index in [1.54, 1.807) is 6.07 Å². The SMILES string of the molecule is COc1cc([C@@H]2COc3cc(O)cc(OC)c3C2=O)cc(O)c1OC. The fourth-order valence-electron chi connectivity index (χ4n) is 2.93. The normalized spacial score (nSPS) is 16.0. The van der Waals surface area contributed by atoms with Crippen LogP contribution in [-0.4, -0.2) is 43.9 Å². The molecule has 0 unspecified atom stereocenters. The molecule has 0 saturated carbocycles. The minimum absolute atomic E-state index is 0.0504. The number of fused-ring (bicyclic) bond motifs is 1. The molecule has 1 heterocycles. The van der Waals surface area contributed by atoms with Crippen LogP contribution in [0.5, 0.6) is 34.5 Å². The summed E-state index contributed by atoms with van der Waals surface area (Å²) < 4.78 is 21.2. The maximum Gasteiger partial charge on any atom is 0.203 e. The number of carbonyl (C=O) groups excluding carboxylic acids is 1. The number of ketones is 1. The second-order valence-corrected chi connectivity index (χ2v) is 5.52. The Bertz CT molecular complexity index is 811. The summed E-state index contributed by atoms with van der Waals surface area (Å²) in [6.07, 6.45) is 0. The predicted octanol–water partition coefficient (Wildman–Crippen LogP) is 2.48. The Morgan fingerprint density at radius 3 is 2.36 bits per heavy atom. The van der Waals surface area contributed by atoms with Gasteiger partial charge in [-0.2, -0.15) is 0 Å². The van der Waals surface area contributed by atoms with Crippen LogP contribution in [-0.2, 0) is 0 Å². The molecule has 0 saturated heterocycles. The van der Waals surface area contributed by atoms with Crippen LogP contribution < -0.4 is 18.9 Å². The number of hydrogen-bond acceptors (Lipinski definition) is 7. The van der Waals surface area contributed by atoms with Gasteiger partial charge < -0.3 is 29.2 Å². The number of carbonyl (C=O) groups is 1. The summed E-state index contributed by atoms with van der Waals surface area (Å²) in [5, 5.41) is 19.8. The first-order valence-corrected chi connectivity index (χ1v) is 7.53. The molecule has 1 atom stereocenters. The minimum atomic E-state index is -0.656. The van der Waals surface area contributed by atoms with Crippen LogP contribution in [0.3, 0.4) is 0 Å². The van der Waals surface area contributed by atoms with Crippen molar-refractivity contribution in [1.29, 1.82) is 0 Å². The van der Waals surface area contributed by atoms with Gasteiger partial charge in [-0.15, -0.1) is 0 Å². The number of ether oxygens (including phenoxy) is 4. The Kier molecular flexibility index (Phi) is 4.31. The third kappa shape index (κ3) is 2.77. The molecule has 0 amide bonds. The number of methoxy groups -OCH3 is 3. The minimum Gasteiger partial charge on any atom is -0.508 e. The number of phenolic OH excluding ortho intramolecular Hbond substituents is 2. The van der Waals surface area contributed by atoms with Gasteiger partial charge >= 0.3 is 0 Å². The highest BCUT2D eigenvalue weighted by molar-refractivity contribution is 6.06. The van der Waals surface area contributed by atoms with Crippen molar-refractivity contribution in [3.8, 4) is 34.5 Å². The first-order chi connectivity index (χ1) is 12.0. The lowest BCUT2D eigenvalue weighted by Gasteiger charge is -2.26. The molecule has 2 aromatic rings. The number of phenols is 2. The summed E-state index contributed by atoms with van der Waals surface area (Å²) in [5.74, 6) is -0.0654. The van der Waals surface area contributed by atoms with Gasteiger partial charge in [0.2, 0.25) is 5.75 Å². The van der Waals surface area contributed by atoms with E-state index in [0.29, 0.717) is 11.3 Å². The van der Waals surface area contributed by atoms with Crippen molar-refractivity contribution in [2.24, 2.45) is 0 Å². The fraction of sp³-hybridized carbons (Fsp3) is 0.278. The topological polar surface area (TPSA) is 94.5 Å². The van der Waals surface area contributed by atoms with Crippen molar-refractivity contribution < 1.29 is 34.0 Å². The fourth-order valence-corrected chi connectivity index (χ4v) is 2.93. The van der Waals surface area contributed by atoms with Crippen LogP contribution in [0.25, 0.3) is 0 Å². The van der Waals surface area contributed by atoms with E-state index in [4.69, 9.17) is 18.9 Å². The summed E-state index contributed by atoms with van der Waals surface area (Å²) in [4.78, 5) is 13.0. The number of aromatic hydroxyl groups is 2. The van der Waals surface area contributed by atoms with E-state index in [9.17, 15) is 15.0 Å². The van der Waals surface area contributed by atoms with Gasteiger partial charge in [0.15, 0.2) is 17.3 Å². The average molecular weight is 346 g/mol. The standard InChI is InChI=1S/C18H18O7/c1-22-13-6-10(19)7-14-16(13)17(21)11(8-25-14)9-4-12(20)18(24-3)15(5-9)23-2/h4-7,11,19-20H,8H2,1-3H3/t11-/m0/s1. The maximum absolute atomic E-state index is 13.0. The molecule has 0 radical (unpaired) electrons. The van der Waals surface area contributed by atoms with E-state index in [1.807, 2.05) is 0 Å². The Hall–Kier alpha value is -3.09. The van der Waals surface area contributed by atoms with Crippen molar-refractivity contribution in [3.63, 3.8) is 0 Å². The Morgan fingerprint density at radius 1 is 1.00 bits per heavy atom. The molecule has 1 aliphatic rings. The van der Waals surface area contributed by atoms with E-state index in [-0.39, 0.29) is 46.7 Å². The molecule has 132 valence electrons. The molecule has 1 aliphatic heterocycles. The van der Waals surface area contributed by atoms with Gasteiger partial charge in [0.1, 0.15) is 29.4 Å². The summed E-state index contributed by atoms with van der Waals surface area (Å²) >= 11 is 0. The average Bonchev–Trinajstić information content (AvgIpc) is 2.60. The van der Waals surface area contributed by atoms with Crippen LogP contribution in [0.2, 0.25) is 0 Å². The first-order valence-electron chi connectivity index (χ1n) is 7.53. The van der Waals surface area contributed by atoms with Crippen molar-refractivity contribution >= 4 is 5.78 Å². The molecule has 2 aromatic carbocycles. The van der Waals surface area contributed by atoms with Crippen LogP contribution in [0.1, 0.15) is 21.8 Å². The molecule has 2 N–H and O–H groups in total. The summed E-state index contributed by atoms with van der Waals surface area (Å²) in [5.41, 5.74) is 0.784. The third-order valence-corrected chi connectivity index (χ3v) is 4.12. The molecule has 0 bridgehead atoms. The van der Waals surface area contributed by atoms with E-state index in [2.05, 4.69) is 0 Å². The second-order valence-electron chi connectivity index (χ2n) is 5.52. The zero-order valence-corrected chi connectivity index (χ0v) is 14.0. The van der Waals surface area contributed by atoms with Gasteiger partial charge in [-0.25, -0.2) is 0 Å². The molecule has 7 heteroatoms. The van der Waals surface area contributed by atoms with Crippen LogP contribution in [0, 0.1) is 0 Å². The predicted molar refractivity (Wildman–Crippen MR) is 88.4 cm³/mol. The summed E-state index contributed by atoms with van der Waals surface area (Å²) in [6, 6.07) is 5.81. The molecule has 0 aliphatic carbocycles. The van der Waals surface area contributed by atoms with E-state index in [1.165, 1.54) is 39.5 Å². The molecular weight excluding hydrogens is 328 g/mol. The Morgan fingerprint density at radius 2 is 1.72 bits per heavy atom. The van der Waals surface area contributed by atoms with Gasteiger partial charge in [-0.1, -0.05) is 0 Å². The number of rotatable bonds is 4. The van der Waals surface area contributed by atoms with Crippen molar-refractivity contribution in [2.45, 2.75) is 5.92 Å². The summed E-state index contributed by atoms with van der Waals surface area (Å²) in [7, 11) is 4.27. The van der Waals surface area contributed by atoms with Crippen LogP contribution >= 0.6 is 0 Å². The van der Waals surface area contributed by atoms with Crippen molar-refractivity contribution in [3.05, 3.63) is 35.4 Å². The second kappa shape index (κ2) is 6.43. The highest BCUT2D eigenvalue weighted by Gasteiger charge is 2.34. The smallest absolute Gasteiger partial charge is 0.203 e.